The van der Waals surface area contributed by atoms with Gasteiger partial charge in [-0.2, -0.15) is 0 Å². The van der Waals surface area contributed by atoms with E-state index in [1.165, 1.54) is 65.5 Å². The summed E-state index contributed by atoms with van der Waals surface area (Å²) >= 11 is 0. The second-order valence-electron chi connectivity index (χ2n) is 7.86. The predicted molar refractivity (Wildman–Crippen MR) is 106 cm³/mol. The van der Waals surface area contributed by atoms with Gasteiger partial charge < -0.3 is 26.7 Å². The van der Waals surface area contributed by atoms with E-state index in [2.05, 4.69) is 6.92 Å². The number of esters is 1. The molecule has 0 rings (SSSR count). The van der Waals surface area contributed by atoms with E-state index in [0.717, 1.165) is 12.8 Å². The number of quaternary nitrogens is 1. The number of hydrogen-bond donors (Lipinski definition) is 1. The number of carboxylic acid groups (broad SMARTS) is 1. The van der Waals surface area contributed by atoms with Crippen LogP contribution in [0.4, 0.5) is 0 Å². The third-order valence-corrected chi connectivity index (χ3v) is 4.34. The van der Waals surface area contributed by atoms with Crippen molar-refractivity contribution in [3.8, 4) is 0 Å². The summed E-state index contributed by atoms with van der Waals surface area (Å²) in [6, 6.07) is 0. The van der Waals surface area contributed by atoms with Crippen molar-refractivity contribution in [1.82, 2.24) is 0 Å². The quantitative estimate of drug-likeness (QED) is 0.225. The molecule has 0 aromatic heterocycles. The van der Waals surface area contributed by atoms with Gasteiger partial charge in [-0.05, 0) is 6.42 Å². The van der Waals surface area contributed by atoms with Crippen LogP contribution in [0.15, 0.2) is 0 Å². The van der Waals surface area contributed by atoms with Gasteiger partial charge in [-0.3, -0.25) is 9.59 Å². The molecule has 0 fully saturated rings. The van der Waals surface area contributed by atoms with Gasteiger partial charge in [-0.25, -0.2) is 0 Å². The number of likely N-dealkylation sites (N-methyl/N-ethyl adjacent to an activating group) is 1. The van der Waals surface area contributed by atoms with Crippen LogP contribution < -0.4 is 12.4 Å². The lowest BCUT2D eigenvalue weighted by Gasteiger charge is -2.28. The highest BCUT2D eigenvalue weighted by Gasteiger charge is 2.24. The zero-order chi connectivity index (χ0) is 22.3. The van der Waals surface area contributed by atoms with Crippen LogP contribution in [0.2, 0.25) is 0 Å². The molecule has 0 heterocycles. The van der Waals surface area contributed by atoms with Gasteiger partial charge in [-0.1, -0.05) is 71.1 Å². The Labute approximate surface area is 177 Å². The van der Waals surface area contributed by atoms with Crippen molar-refractivity contribution in [2.24, 2.45) is 0 Å². The fourth-order valence-electron chi connectivity index (χ4n) is 3.03. The second-order valence-corrected chi connectivity index (χ2v) is 7.86. The van der Waals surface area contributed by atoms with E-state index in [1.807, 2.05) is 0 Å². The Morgan fingerprint density at radius 3 is 1.89 bits per heavy atom. The Bertz CT molecular complexity index is 474. The van der Waals surface area contributed by atoms with Gasteiger partial charge in [0.15, 0.2) is 6.10 Å². The largest absolute Gasteiger partial charge is 1.00 e. The first-order valence-corrected chi connectivity index (χ1v) is 10.2. The molecule has 0 saturated carbocycles. The lowest BCUT2D eigenvalue weighted by molar-refractivity contribution is -0.873. The lowest BCUT2D eigenvalue weighted by Crippen LogP contribution is -3.00. The number of unbranched alkanes of at least 4 members (excludes halogenated alkanes) is 10. The highest BCUT2D eigenvalue weighted by molar-refractivity contribution is 5.71. The zero-order valence-corrected chi connectivity index (χ0v) is 18.2. The maximum atomic E-state index is 12.1. The molecule has 0 aliphatic heterocycles. The summed E-state index contributed by atoms with van der Waals surface area (Å²) in [6.45, 7) is -0.148. The summed E-state index contributed by atoms with van der Waals surface area (Å²) in [4.78, 5) is 23.1. The fraction of sp³-hybridized carbons (Fsp3) is 0.905. The van der Waals surface area contributed by atoms with E-state index < -0.39 is 29.5 Å². The molecule has 1 atom stereocenters. The Morgan fingerprint density at radius 2 is 1.44 bits per heavy atom. The molecule has 0 radical (unpaired) electrons. The third-order valence-electron chi connectivity index (χ3n) is 4.34. The number of ether oxygens (including phenoxy) is 1. The van der Waals surface area contributed by atoms with Crippen LogP contribution in [0.3, 0.4) is 0 Å². The molecule has 162 valence electrons. The summed E-state index contributed by atoms with van der Waals surface area (Å²) < 4.78 is 27.6. The summed E-state index contributed by atoms with van der Waals surface area (Å²) in [6.07, 6.45) is 11.9. The molecule has 6 heteroatoms. The Hall–Kier alpha value is -0.810. The smallest absolute Gasteiger partial charge is 0.307 e. The highest BCUT2D eigenvalue weighted by atomic mass is 35.5. The molecule has 0 spiro atoms. The first-order chi connectivity index (χ1) is 13.5. The first-order valence-electron chi connectivity index (χ1n) is 11.7. The maximum absolute atomic E-state index is 12.1. The molecule has 1 N–H and O–H groups in total. The third kappa shape index (κ3) is 21.3. The van der Waals surface area contributed by atoms with Gasteiger partial charge in [0.05, 0.1) is 31.6 Å². The molecule has 0 aromatic rings. The second kappa shape index (κ2) is 17.3. The van der Waals surface area contributed by atoms with Crippen LogP contribution in [0, 0.1) is 0 Å². The standard InChI is InChI=1S/C21H41NO4.ClH/c1-5-6-7-8-9-10-11-12-13-14-15-16-21(25)26-19(17-20(23)24)18-22(2,3)4;/h19H,5-18H2,1-4H3;1H/t19-;/m0./s1/i2D3;. The van der Waals surface area contributed by atoms with Crippen LogP contribution >= 0.6 is 0 Å². The molecule has 0 aliphatic rings. The summed E-state index contributed by atoms with van der Waals surface area (Å²) in [5.74, 6) is -1.55. The van der Waals surface area contributed by atoms with Crippen molar-refractivity contribution >= 4 is 11.9 Å². The normalized spacial score (nSPS) is 14.4. The van der Waals surface area contributed by atoms with Gasteiger partial charge in [0.2, 0.25) is 0 Å². The molecule has 0 aliphatic carbocycles. The number of nitrogens with zero attached hydrogens (tertiary/aromatic N) is 1. The Kier molecular flexibility index (Phi) is 14.4. The number of carbonyl (C=O) groups is 2. The van der Waals surface area contributed by atoms with Crippen LogP contribution in [-0.4, -0.2) is 55.2 Å². The summed E-state index contributed by atoms with van der Waals surface area (Å²) in [7, 11) is 2.97. The molecule has 0 bridgehead atoms. The van der Waals surface area contributed by atoms with Crippen molar-refractivity contribution in [2.45, 2.75) is 96.5 Å². The molecule has 0 unspecified atom stereocenters. The molecule has 0 saturated heterocycles. The lowest BCUT2D eigenvalue weighted by atomic mass is 10.1. The highest BCUT2D eigenvalue weighted by Crippen LogP contribution is 2.13. The van der Waals surface area contributed by atoms with Crippen molar-refractivity contribution in [3.05, 3.63) is 0 Å². The topological polar surface area (TPSA) is 63.6 Å². The predicted octanol–water partition coefficient (Wildman–Crippen LogP) is 1.78. The molecule has 0 amide bonds. The fourth-order valence-corrected chi connectivity index (χ4v) is 3.03. The number of rotatable bonds is 17. The van der Waals surface area contributed by atoms with Crippen LogP contribution in [-0.2, 0) is 14.3 Å². The van der Waals surface area contributed by atoms with Gasteiger partial charge in [0.1, 0.15) is 6.54 Å². The van der Waals surface area contributed by atoms with Crippen molar-refractivity contribution < 1.29 is 40.4 Å². The van der Waals surface area contributed by atoms with Crippen LogP contribution in [0.1, 0.15) is 94.5 Å². The average Bonchev–Trinajstić information content (AvgIpc) is 2.57. The molecular weight excluding hydrogens is 366 g/mol. The zero-order valence-electron chi connectivity index (χ0n) is 20.5. The number of hydrogen-bond acceptors (Lipinski definition) is 3. The molecule has 5 nitrogen and oxygen atoms in total. The average molecular weight is 411 g/mol. The summed E-state index contributed by atoms with van der Waals surface area (Å²) in [5.41, 5.74) is 0. The van der Waals surface area contributed by atoms with Crippen LogP contribution in [0.25, 0.3) is 0 Å². The van der Waals surface area contributed by atoms with E-state index in [9.17, 15) is 9.59 Å². The summed E-state index contributed by atoms with van der Waals surface area (Å²) in [5, 5.41) is 9.03. The SMILES string of the molecule is [2H]C([2H])([2H])[N+](C)(C)C[C@H](CC(=O)O)OC(=O)CCCCCCCCCCCCC.[Cl-]. The van der Waals surface area contributed by atoms with Crippen molar-refractivity contribution in [1.29, 1.82) is 0 Å². The molecular formula is C21H42ClNO4. The monoisotopic (exact) mass is 410 g/mol. The minimum atomic E-state index is -2.31. The van der Waals surface area contributed by atoms with E-state index in [-0.39, 0.29) is 31.8 Å². The Morgan fingerprint density at radius 1 is 0.963 bits per heavy atom. The van der Waals surface area contributed by atoms with E-state index in [4.69, 9.17) is 14.0 Å². The van der Waals surface area contributed by atoms with Gasteiger partial charge in [0, 0.05) is 6.42 Å². The van der Waals surface area contributed by atoms with Crippen LogP contribution in [0.5, 0.6) is 0 Å². The molecule has 27 heavy (non-hydrogen) atoms. The number of carbonyl (C=O) groups excluding carboxylic acids is 1. The Balaban J connectivity index is 0. The number of aliphatic carboxylic acids is 1. The molecule has 0 aromatic carbocycles. The number of carboxylic acids is 1. The van der Waals surface area contributed by atoms with Crippen molar-refractivity contribution in [3.63, 3.8) is 0 Å². The minimum Gasteiger partial charge on any atom is -1.00 e. The number of halogens is 1. The van der Waals surface area contributed by atoms with Gasteiger partial charge >= 0.3 is 11.9 Å². The van der Waals surface area contributed by atoms with Gasteiger partial charge in [0.25, 0.3) is 0 Å². The van der Waals surface area contributed by atoms with Crippen molar-refractivity contribution in [2.75, 3.05) is 27.6 Å². The van der Waals surface area contributed by atoms with Gasteiger partial charge in [-0.15, -0.1) is 0 Å². The first kappa shape index (κ1) is 22.5. The minimum absolute atomic E-state index is 0. The van der Waals surface area contributed by atoms with E-state index >= 15 is 0 Å². The van der Waals surface area contributed by atoms with E-state index in [0.29, 0.717) is 6.42 Å². The van der Waals surface area contributed by atoms with E-state index in [1.54, 1.807) is 0 Å². The maximum Gasteiger partial charge on any atom is 0.307 e.